The van der Waals surface area contributed by atoms with Crippen molar-refractivity contribution >= 4 is 17.4 Å². The van der Waals surface area contributed by atoms with E-state index in [2.05, 4.69) is 21.8 Å². The molecule has 1 saturated heterocycles. The van der Waals surface area contributed by atoms with Gasteiger partial charge in [0, 0.05) is 37.9 Å². The lowest BCUT2D eigenvalue weighted by atomic mass is 9.96. The van der Waals surface area contributed by atoms with Gasteiger partial charge in [0.05, 0.1) is 17.8 Å². The van der Waals surface area contributed by atoms with E-state index < -0.39 is 0 Å². The van der Waals surface area contributed by atoms with E-state index in [0.717, 1.165) is 44.0 Å². The van der Waals surface area contributed by atoms with Crippen LogP contribution in [0.25, 0.3) is 0 Å². The highest BCUT2D eigenvalue weighted by molar-refractivity contribution is 5.97. The van der Waals surface area contributed by atoms with Gasteiger partial charge in [-0.2, -0.15) is 0 Å². The number of anilines is 2. The zero-order chi connectivity index (χ0) is 16.5. The second kappa shape index (κ2) is 6.23. The van der Waals surface area contributed by atoms with Crippen LogP contribution in [-0.2, 0) is 4.79 Å². The molecular weight excluding hydrogens is 300 g/mol. The molecule has 0 saturated carbocycles. The molecule has 5 heteroatoms. The Balaban J connectivity index is 1.53. The van der Waals surface area contributed by atoms with E-state index in [1.54, 1.807) is 0 Å². The number of nitrogens with zero attached hydrogens (tertiary/aromatic N) is 4. The molecule has 0 spiro atoms. The van der Waals surface area contributed by atoms with Crippen molar-refractivity contribution in [2.45, 2.75) is 25.7 Å². The van der Waals surface area contributed by atoms with Gasteiger partial charge in [-0.3, -0.25) is 9.78 Å². The maximum Gasteiger partial charge on any atom is 0.231 e. The fourth-order valence-electron chi connectivity index (χ4n) is 3.87. The highest BCUT2D eigenvalue weighted by Gasteiger charge is 2.35. The maximum absolute atomic E-state index is 13.1. The van der Waals surface area contributed by atoms with E-state index in [1.165, 1.54) is 5.56 Å². The Kier molecular flexibility index (Phi) is 3.92. The van der Waals surface area contributed by atoms with Crippen LogP contribution in [0.3, 0.4) is 0 Å². The van der Waals surface area contributed by atoms with Crippen molar-refractivity contribution in [3.8, 4) is 0 Å². The van der Waals surface area contributed by atoms with Crippen LogP contribution in [0.4, 0.5) is 11.5 Å². The first-order valence-electron chi connectivity index (χ1n) is 8.65. The van der Waals surface area contributed by atoms with Crippen molar-refractivity contribution in [3.63, 3.8) is 0 Å². The monoisotopic (exact) mass is 322 g/mol. The predicted molar refractivity (Wildman–Crippen MR) is 94.2 cm³/mol. The third-order valence-corrected chi connectivity index (χ3v) is 5.12. The third-order valence-electron chi connectivity index (χ3n) is 5.12. The van der Waals surface area contributed by atoms with Crippen molar-refractivity contribution in [2.24, 2.45) is 5.92 Å². The van der Waals surface area contributed by atoms with Gasteiger partial charge in [0.25, 0.3) is 0 Å². The number of hydrogen-bond acceptors (Lipinski definition) is 4. The van der Waals surface area contributed by atoms with Crippen molar-refractivity contribution in [3.05, 3.63) is 48.4 Å². The van der Waals surface area contributed by atoms with Crippen LogP contribution in [0.15, 0.2) is 42.9 Å². The van der Waals surface area contributed by atoms with Gasteiger partial charge in [-0.05, 0) is 36.6 Å². The fraction of sp³-hybridized carbons (Fsp3) is 0.421. The Hall–Kier alpha value is -2.43. The number of rotatable bonds is 2. The first-order valence-corrected chi connectivity index (χ1v) is 8.65. The van der Waals surface area contributed by atoms with E-state index in [4.69, 9.17) is 0 Å². The molecule has 5 nitrogen and oxygen atoms in total. The van der Waals surface area contributed by atoms with Crippen LogP contribution in [0, 0.1) is 5.92 Å². The van der Waals surface area contributed by atoms with E-state index in [9.17, 15) is 4.79 Å². The molecular formula is C19H22N4O. The average Bonchev–Trinajstić information content (AvgIpc) is 2.99. The standard InChI is InChI=1S/C19H22N4O/c1-14-12-23(17-11-20-9-7-16(14)17)19(24)15-5-4-10-22(13-15)18-6-2-3-8-21-18/h2-3,6-9,11,14-15H,4-5,10,12-13H2,1H3. The highest BCUT2D eigenvalue weighted by atomic mass is 16.2. The third kappa shape index (κ3) is 2.64. The molecule has 2 aromatic heterocycles. The number of carbonyl (C=O) groups excluding carboxylic acids is 1. The normalized spacial score (nSPS) is 23.2. The molecule has 1 amide bonds. The lowest BCUT2D eigenvalue weighted by molar-refractivity contribution is -0.122. The Labute approximate surface area is 142 Å². The summed E-state index contributed by atoms with van der Waals surface area (Å²) in [4.78, 5) is 26.0. The zero-order valence-electron chi connectivity index (χ0n) is 13.9. The van der Waals surface area contributed by atoms with Gasteiger partial charge in [0.2, 0.25) is 5.91 Å². The topological polar surface area (TPSA) is 49.3 Å². The largest absolute Gasteiger partial charge is 0.356 e. The van der Waals surface area contributed by atoms with Crippen LogP contribution in [-0.4, -0.2) is 35.5 Å². The molecule has 0 radical (unpaired) electrons. The quantitative estimate of drug-likeness (QED) is 0.853. The van der Waals surface area contributed by atoms with Gasteiger partial charge in [-0.15, -0.1) is 0 Å². The number of carbonyl (C=O) groups is 1. The summed E-state index contributed by atoms with van der Waals surface area (Å²) in [7, 11) is 0. The van der Waals surface area contributed by atoms with E-state index in [-0.39, 0.29) is 11.8 Å². The number of piperidine rings is 1. The van der Waals surface area contributed by atoms with Gasteiger partial charge in [0.15, 0.2) is 0 Å². The molecule has 2 unspecified atom stereocenters. The molecule has 1 fully saturated rings. The van der Waals surface area contributed by atoms with Gasteiger partial charge >= 0.3 is 0 Å². The van der Waals surface area contributed by atoms with Crippen LogP contribution in [0.1, 0.15) is 31.2 Å². The molecule has 0 N–H and O–H groups in total. The zero-order valence-corrected chi connectivity index (χ0v) is 13.9. The van der Waals surface area contributed by atoms with E-state index >= 15 is 0 Å². The summed E-state index contributed by atoms with van der Waals surface area (Å²) in [5.41, 5.74) is 2.22. The lowest BCUT2D eigenvalue weighted by Gasteiger charge is -2.34. The Morgan fingerprint density at radius 2 is 2.12 bits per heavy atom. The second-order valence-corrected chi connectivity index (χ2v) is 6.76. The molecule has 2 aromatic rings. The molecule has 2 atom stereocenters. The molecule has 2 aliphatic rings. The van der Waals surface area contributed by atoms with Crippen molar-refractivity contribution in [1.29, 1.82) is 0 Å². The summed E-state index contributed by atoms with van der Waals surface area (Å²) in [5.74, 6) is 1.60. The highest BCUT2D eigenvalue weighted by Crippen LogP contribution is 2.36. The molecule has 4 rings (SSSR count). The molecule has 4 heterocycles. The van der Waals surface area contributed by atoms with Crippen molar-refractivity contribution < 1.29 is 4.79 Å². The number of aromatic nitrogens is 2. The second-order valence-electron chi connectivity index (χ2n) is 6.76. The van der Waals surface area contributed by atoms with Crippen LogP contribution in [0.2, 0.25) is 0 Å². The summed E-state index contributed by atoms with van der Waals surface area (Å²) in [5, 5.41) is 0. The van der Waals surface area contributed by atoms with E-state index in [0.29, 0.717) is 5.92 Å². The van der Waals surface area contributed by atoms with E-state index in [1.807, 2.05) is 47.8 Å². The van der Waals surface area contributed by atoms with Crippen LogP contribution >= 0.6 is 0 Å². The number of fused-ring (bicyclic) bond motifs is 1. The van der Waals surface area contributed by atoms with Gasteiger partial charge < -0.3 is 9.80 Å². The molecule has 2 aliphatic heterocycles. The van der Waals surface area contributed by atoms with Crippen LogP contribution in [0.5, 0.6) is 0 Å². The van der Waals surface area contributed by atoms with Crippen molar-refractivity contribution in [1.82, 2.24) is 9.97 Å². The van der Waals surface area contributed by atoms with Crippen LogP contribution < -0.4 is 9.80 Å². The minimum absolute atomic E-state index is 0.0270. The molecule has 124 valence electrons. The number of amides is 1. The summed E-state index contributed by atoms with van der Waals surface area (Å²) in [6.45, 7) is 4.65. The van der Waals surface area contributed by atoms with Gasteiger partial charge in [-0.25, -0.2) is 4.98 Å². The summed E-state index contributed by atoms with van der Waals surface area (Å²) < 4.78 is 0. The Bertz CT molecular complexity index is 733. The first kappa shape index (κ1) is 15.1. The van der Waals surface area contributed by atoms with Gasteiger partial charge in [0.1, 0.15) is 5.82 Å². The van der Waals surface area contributed by atoms with Crippen molar-refractivity contribution in [2.75, 3.05) is 29.4 Å². The summed E-state index contributed by atoms with van der Waals surface area (Å²) in [6, 6.07) is 7.97. The SMILES string of the molecule is CC1CN(C(=O)C2CCCN(c3ccccn3)C2)c2cnccc21. The molecule has 0 aliphatic carbocycles. The first-order chi connectivity index (χ1) is 11.7. The Morgan fingerprint density at radius 3 is 2.96 bits per heavy atom. The smallest absolute Gasteiger partial charge is 0.231 e. The summed E-state index contributed by atoms with van der Waals surface area (Å²) in [6.07, 6.45) is 7.42. The summed E-state index contributed by atoms with van der Waals surface area (Å²) >= 11 is 0. The number of pyridine rings is 2. The lowest BCUT2D eigenvalue weighted by Crippen LogP contribution is -2.45. The molecule has 0 aromatic carbocycles. The predicted octanol–water partition coefficient (Wildman–Crippen LogP) is 2.84. The minimum Gasteiger partial charge on any atom is -0.356 e. The Morgan fingerprint density at radius 1 is 1.21 bits per heavy atom. The fourth-order valence-corrected chi connectivity index (χ4v) is 3.87. The minimum atomic E-state index is 0.0270. The van der Waals surface area contributed by atoms with Gasteiger partial charge in [-0.1, -0.05) is 13.0 Å². The number of hydrogen-bond donors (Lipinski definition) is 0. The average molecular weight is 322 g/mol. The maximum atomic E-state index is 13.1. The molecule has 24 heavy (non-hydrogen) atoms. The molecule has 0 bridgehead atoms.